The first-order valence-electron chi connectivity index (χ1n) is 9.43. The number of fused-ring (bicyclic) bond motifs is 1. The molecular weight excluding hydrogens is 404 g/mol. The lowest BCUT2D eigenvalue weighted by Gasteiger charge is -2.26. The first-order valence-corrected chi connectivity index (χ1v) is 9.43. The molecule has 10 heteroatoms. The van der Waals surface area contributed by atoms with Gasteiger partial charge in [-0.1, -0.05) is 0 Å². The number of nitrogens with one attached hydrogen (secondary N) is 1. The maximum absolute atomic E-state index is 14.8. The van der Waals surface area contributed by atoms with Gasteiger partial charge in [-0.05, 0) is 49.9 Å². The van der Waals surface area contributed by atoms with Crippen LogP contribution in [-0.2, 0) is 6.18 Å². The van der Waals surface area contributed by atoms with Crippen molar-refractivity contribution in [3.8, 4) is 5.69 Å². The van der Waals surface area contributed by atoms with E-state index in [1.54, 1.807) is 0 Å². The Bertz CT molecular complexity index is 1090. The summed E-state index contributed by atoms with van der Waals surface area (Å²) < 4.78 is 55.5. The van der Waals surface area contributed by atoms with E-state index in [1.807, 2.05) is 0 Å². The van der Waals surface area contributed by atoms with Crippen molar-refractivity contribution in [3.63, 3.8) is 0 Å². The van der Waals surface area contributed by atoms with Crippen molar-refractivity contribution in [2.75, 3.05) is 0 Å². The summed E-state index contributed by atoms with van der Waals surface area (Å²) in [5.74, 6) is -1.37. The van der Waals surface area contributed by atoms with Crippen LogP contribution in [0.5, 0.6) is 0 Å². The number of aromatic nitrogens is 3. The lowest BCUT2D eigenvalue weighted by molar-refractivity contribution is -0.140. The molecule has 0 saturated heterocycles. The molecule has 0 unspecified atom stereocenters. The summed E-state index contributed by atoms with van der Waals surface area (Å²) in [4.78, 5) is 16.2. The third kappa shape index (κ3) is 3.87. The van der Waals surface area contributed by atoms with Crippen molar-refractivity contribution in [2.24, 2.45) is 0 Å². The number of alkyl halides is 3. The second kappa shape index (κ2) is 7.67. The van der Waals surface area contributed by atoms with E-state index >= 15 is 0 Å². The zero-order valence-corrected chi connectivity index (χ0v) is 15.7. The quantitative estimate of drug-likeness (QED) is 0.632. The highest BCUT2D eigenvalue weighted by molar-refractivity contribution is 5.94. The molecule has 2 heterocycles. The van der Waals surface area contributed by atoms with E-state index in [-0.39, 0.29) is 34.3 Å². The van der Waals surface area contributed by atoms with Gasteiger partial charge < -0.3 is 10.4 Å². The van der Waals surface area contributed by atoms with Gasteiger partial charge in [-0.15, -0.1) is 0 Å². The van der Waals surface area contributed by atoms with E-state index in [1.165, 1.54) is 30.6 Å². The molecule has 6 nitrogen and oxygen atoms in total. The predicted molar refractivity (Wildman–Crippen MR) is 99.6 cm³/mol. The van der Waals surface area contributed by atoms with Gasteiger partial charge in [0.25, 0.3) is 5.91 Å². The standard InChI is InChI=1S/C20H18F4N4O2/c21-15-9-11(19(30)26-12-2-4-13(29)5-3-12)1-6-16(15)28-17-10-25-8-7-14(17)18(27-28)20(22,23)24/h1,6-10,12-13,29H,2-5H2,(H,26,30). The van der Waals surface area contributed by atoms with Crippen molar-refractivity contribution in [1.82, 2.24) is 20.1 Å². The number of nitrogens with zero attached hydrogens (tertiary/aromatic N) is 3. The first kappa shape index (κ1) is 20.3. The second-order valence-electron chi connectivity index (χ2n) is 7.30. The molecule has 1 aliphatic rings. The lowest BCUT2D eigenvalue weighted by Crippen LogP contribution is -2.38. The number of aliphatic hydroxyl groups excluding tert-OH is 1. The summed E-state index contributed by atoms with van der Waals surface area (Å²) in [6.07, 6.45) is -0.281. The maximum atomic E-state index is 14.8. The molecule has 3 aromatic rings. The van der Waals surface area contributed by atoms with E-state index in [9.17, 15) is 27.5 Å². The van der Waals surface area contributed by atoms with Crippen LogP contribution < -0.4 is 5.32 Å². The van der Waals surface area contributed by atoms with Crippen LogP contribution in [0.3, 0.4) is 0 Å². The Labute approximate surface area is 168 Å². The average molecular weight is 422 g/mol. The van der Waals surface area contributed by atoms with Crippen molar-refractivity contribution in [2.45, 2.75) is 44.0 Å². The molecule has 0 bridgehead atoms. The number of hydrogen-bond acceptors (Lipinski definition) is 4. The minimum Gasteiger partial charge on any atom is -0.393 e. The third-order valence-corrected chi connectivity index (χ3v) is 5.22. The molecule has 2 N–H and O–H groups in total. The van der Waals surface area contributed by atoms with Crippen LogP contribution in [0.2, 0.25) is 0 Å². The molecule has 0 radical (unpaired) electrons. The van der Waals surface area contributed by atoms with Crippen LogP contribution in [0.4, 0.5) is 17.6 Å². The van der Waals surface area contributed by atoms with Gasteiger partial charge in [0, 0.05) is 23.2 Å². The van der Waals surface area contributed by atoms with Crippen LogP contribution in [0.15, 0.2) is 36.7 Å². The van der Waals surface area contributed by atoms with Crippen molar-refractivity contribution in [3.05, 3.63) is 53.7 Å². The van der Waals surface area contributed by atoms with Crippen LogP contribution in [0.1, 0.15) is 41.7 Å². The summed E-state index contributed by atoms with van der Waals surface area (Å²) in [5.41, 5.74) is -1.31. The Morgan fingerprint density at radius 1 is 1.17 bits per heavy atom. The first-order chi connectivity index (χ1) is 14.2. The molecule has 30 heavy (non-hydrogen) atoms. The summed E-state index contributed by atoms with van der Waals surface area (Å²) in [5, 5.41) is 15.7. The van der Waals surface area contributed by atoms with Gasteiger partial charge in [-0.25, -0.2) is 9.07 Å². The smallest absolute Gasteiger partial charge is 0.393 e. The molecule has 1 fully saturated rings. The fourth-order valence-electron chi connectivity index (χ4n) is 3.66. The SMILES string of the molecule is O=C(NC1CCC(O)CC1)c1ccc(-n2nc(C(F)(F)F)c3ccncc32)c(F)c1. The number of carbonyl (C=O) groups is 1. The van der Waals surface area contributed by atoms with E-state index in [2.05, 4.69) is 15.4 Å². The predicted octanol–water partition coefficient (Wildman–Crippen LogP) is 3.61. The Morgan fingerprint density at radius 2 is 1.90 bits per heavy atom. The fourth-order valence-corrected chi connectivity index (χ4v) is 3.66. The Hall–Kier alpha value is -3.01. The van der Waals surface area contributed by atoms with E-state index in [4.69, 9.17) is 0 Å². The van der Waals surface area contributed by atoms with Gasteiger partial charge in [0.1, 0.15) is 11.5 Å². The van der Waals surface area contributed by atoms with E-state index < -0.39 is 23.6 Å². The molecule has 4 rings (SSSR count). The summed E-state index contributed by atoms with van der Waals surface area (Å²) >= 11 is 0. The van der Waals surface area contributed by atoms with Gasteiger partial charge >= 0.3 is 6.18 Å². The van der Waals surface area contributed by atoms with Crippen LogP contribution in [-0.4, -0.2) is 37.9 Å². The van der Waals surface area contributed by atoms with Crippen LogP contribution in [0, 0.1) is 5.82 Å². The maximum Gasteiger partial charge on any atom is 0.435 e. The van der Waals surface area contributed by atoms with Crippen LogP contribution >= 0.6 is 0 Å². The van der Waals surface area contributed by atoms with Gasteiger partial charge in [0.05, 0.1) is 17.8 Å². The lowest BCUT2D eigenvalue weighted by atomic mass is 9.93. The van der Waals surface area contributed by atoms with Gasteiger partial charge in [0.15, 0.2) is 5.69 Å². The monoisotopic (exact) mass is 422 g/mol. The van der Waals surface area contributed by atoms with Crippen molar-refractivity contribution in [1.29, 1.82) is 0 Å². The molecular formula is C20H18F4N4O2. The number of benzene rings is 1. The highest BCUT2D eigenvalue weighted by Crippen LogP contribution is 2.35. The molecule has 0 aliphatic heterocycles. The summed E-state index contributed by atoms with van der Waals surface area (Å²) in [6.45, 7) is 0. The number of carbonyl (C=O) groups excluding carboxylic acids is 1. The molecule has 0 atom stereocenters. The van der Waals surface area contributed by atoms with Gasteiger partial charge in [-0.3, -0.25) is 9.78 Å². The third-order valence-electron chi connectivity index (χ3n) is 5.22. The summed E-state index contributed by atoms with van der Waals surface area (Å²) in [7, 11) is 0. The van der Waals surface area contributed by atoms with E-state index in [0.29, 0.717) is 25.7 Å². The fraction of sp³-hybridized carbons (Fsp3) is 0.350. The largest absolute Gasteiger partial charge is 0.435 e. The molecule has 158 valence electrons. The van der Waals surface area contributed by atoms with Crippen molar-refractivity contribution < 1.29 is 27.5 Å². The Balaban J connectivity index is 1.63. The molecule has 1 saturated carbocycles. The Kier molecular flexibility index (Phi) is 5.19. The van der Waals surface area contributed by atoms with Crippen molar-refractivity contribution >= 4 is 16.8 Å². The van der Waals surface area contributed by atoms with Gasteiger partial charge in [0.2, 0.25) is 0 Å². The van der Waals surface area contributed by atoms with E-state index in [0.717, 1.165) is 10.7 Å². The normalized spacial score (nSPS) is 19.8. The Morgan fingerprint density at radius 3 is 2.57 bits per heavy atom. The summed E-state index contributed by atoms with van der Waals surface area (Å²) in [6, 6.07) is 4.58. The molecule has 2 aromatic heterocycles. The molecule has 1 aliphatic carbocycles. The number of rotatable bonds is 3. The average Bonchev–Trinajstić information content (AvgIpc) is 3.09. The molecule has 1 amide bonds. The minimum absolute atomic E-state index is 0.00156. The second-order valence-corrected chi connectivity index (χ2v) is 7.30. The molecule has 1 aromatic carbocycles. The zero-order valence-electron chi connectivity index (χ0n) is 15.7. The minimum atomic E-state index is -4.71. The number of halogens is 4. The number of aliphatic hydroxyl groups is 1. The topological polar surface area (TPSA) is 80.0 Å². The highest BCUT2D eigenvalue weighted by Gasteiger charge is 2.37. The number of amides is 1. The highest BCUT2D eigenvalue weighted by atomic mass is 19.4. The van der Waals surface area contributed by atoms with Crippen LogP contribution in [0.25, 0.3) is 16.6 Å². The number of hydrogen-bond donors (Lipinski definition) is 2. The molecule has 0 spiro atoms. The van der Waals surface area contributed by atoms with Gasteiger partial charge in [-0.2, -0.15) is 18.3 Å². The number of pyridine rings is 1. The zero-order chi connectivity index (χ0) is 21.5.